The standard InChI is InChI=1S/C15H20N4OS/c1-12(8-9-13-6-4-3-5-7-13)17-14(20)10-21-15-18-16-11-19(15)2/h3-7,11-12H,8-10H2,1-2H3,(H,17,20). The van der Waals surface area contributed by atoms with E-state index in [1.54, 1.807) is 10.9 Å². The lowest BCUT2D eigenvalue weighted by Gasteiger charge is -2.13. The molecule has 0 fully saturated rings. The fourth-order valence-corrected chi connectivity index (χ4v) is 2.65. The highest BCUT2D eigenvalue weighted by atomic mass is 32.2. The molecule has 1 amide bonds. The first-order valence-corrected chi connectivity index (χ1v) is 7.94. The number of amides is 1. The van der Waals surface area contributed by atoms with E-state index < -0.39 is 0 Å². The van der Waals surface area contributed by atoms with Gasteiger partial charge in [0.25, 0.3) is 0 Å². The SMILES string of the molecule is CC(CCc1ccccc1)NC(=O)CSc1nncn1C. The minimum Gasteiger partial charge on any atom is -0.353 e. The van der Waals surface area contributed by atoms with Crippen molar-refractivity contribution < 1.29 is 4.79 Å². The molecule has 0 radical (unpaired) electrons. The van der Waals surface area contributed by atoms with Crippen LogP contribution >= 0.6 is 11.8 Å². The van der Waals surface area contributed by atoms with Crippen LogP contribution in [0.4, 0.5) is 0 Å². The Kier molecular flexibility index (Phi) is 5.80. The molecule has 2 rings (SSSR count). The largest absolute Gasteiger partial charge is 0.353 e. The minimum absolute atomic E-state index is 0.0311. The molecule has 2 aromatic rings. The van der Waals surface area contributed by atoms with E-state index in [0.717, 1.165) is 18.0 Å². The Balaban J connectivity index is 1.68. The van der Waals surface area contributed by atoms with Gasteiger partial charge in [-0.3, -0.25) is 4.79 Å². The summed E-state index contributed by atoms with van der Waals surface area (Å²) in [5.41, 5.74) is 1.30. The number of carbonyl (C=O) groups is 1. The molecule has 0 saturated heterocycles. The van der Waals surface area contributed by atoms with Crippen molar-refractivity contribution in [1.82, 2.24) is 20.1 Å². The summed E-state index contributed by atoms with van der Waals surface area (Å²) in [7, 11) is 1.86. The van der Waals surface area contributed by atoms with E-state index in [-0.39, 0.29) is 11.9 Å². The first kappa shape index (κ1) is 15.6. The lowest BCUT2D eigenvalue weighted by atomic mass is 10.1. The Morgan fingerprint density at radius 3 is 2.81 bits per heavy atom. The Bertz CT molecular complexity index is 570. The zero-order chi connectivity index (χ0) is 15.1. The zero-order valence-corrected chi connectivity index (χ0v) is 13.1. The van der Waals surface area contributed by atoms with E-state index in [1.807, 2.05) is 32.2 Å². The van der Waals surface area contributed by atoms with Crippen LogP contribution in [0, 0.1) is 0 Å². The summed E-state index contributed by atoms with van der Waals surface area (Å²) < 4.78 is 1.80. The molecule has 1 atom stereocenters. The molecule has 0 saturated carbocycles. The molecule has 0 bridgehead atoms. The van der Waals surface area contributed by atoms with Crippen LogP contribution in [0.25, 0.3) is 0 Å². The van der Waals surface area contributed by atoms with Crippen molar-refractivity contribution in [1.29, 1.82) is 0 Å². The fraction of sp³-hybridized carbons (Fsp3) is 0.400. The number of hydrogen-bond donors (Lipinski definition) is 1. The number of rotatable bonds is 7. The van der Waals surface area contributed by atoms with Gasteiger partial charge in [-0.1, -0.05) is 42.1 Å². The second kappa shape index (κ2) is 7.83. The first-order valence-electron chi connectivity index (χ1n) is 6.95. The average Bonchev–Trinajstić information content (AvgIpc) is 2.89. The summed E-state index contributed by atoms with van der Waals surface area (Å²) in [5.74, 6) is 0.394. The fourth-order valence-electron chi connectivity index (χ4n) is 1.95. The molecule has 0 spiro atoms. The summed E-state index contributed by atoms with van der Waals surface area (Å²) >= 11 is 1.40. The number of hydrogen-bond acceptors (Lipinski definition) is 4. The van der Waals surface area contributed by atoms with Crippen LogP contribution in [-0.4, -0.2) is 32.5 Å². The first-order chi connectivity index (χ1) is 10.1. The van der Waals surface area contributed by atoms with Gasteiger partial charge in [0, 0.05) is 13.1 Å². The molecule has 1 unspecified atom stereocenters. The zero-order valence-electron chi connectivity index (χ0n) is 12.3. The Morgan fingerprint density at radius 1 is 1.38 bits per heavy atom. The predicted octanol–water partition coefficient (Wildman–Crippen LogP) is 2.04. The van der Waals surface area contributed by atoms with E-state index >= 15 is 0 Å². The van der Waals surface area contributed by atoms with Crippen LogP contribution in [0.15, 0.2) is 41.8 Å². The van der Waals surface area contributed by atoms with Gasteiger partial charge in [0.1, 0.15) is 6.33 Å². The lowest BCUT2D eigenvalue weighted by molar-refractivity contribution is -0.119. The van der Waals surface area contributed by atoms with Crippen molar-refractivity contribution in [3.05, 3.63) is 42.2 Å². The van der Waals surface area contributed by atoms with Gasteiger partial charge in [-0.25, -0.2) is 0 Å². The Hall–Kier alpha value is -1.82. The van der Waals surface area contributed by atoms with Crippen molar-refractivity contribution in [2.24, 2.45) is 7.05 Å². The van der Waals surface area contributed by atoms with E-state index in [1.165, 1.54) is 17.3 Å². The summed E-state index contributed by atoms with van der Waals surface area (Å²) in [5, 5.41) is 11.5. The predicted molar refractivity (Wildman–Crippen MR) is 84.1 cm³/mol. The van der Waals surface area contributed by atoms with Gasteiger partial charge in [-0.2, -0.15) is 0 Å². The molecule has 0 aliphatic carbocycles. The second-order valence-electron chi connectivity index (χ2n) is 5.01. The normalized spacial score (nSPS) is 12.1. The maximum atomic E-state index is 11.9. The van der Waals surface area contributed by atoms with Crippen molar-refractivity contribution in [3.8, 4) is 0 Å². The molecular weight excluding hydrogens is 284 g/mol. The van der Waals surface area contributed by atoms with Crippen LogP contribution in [0.5, 0.6) is 0 Å². The molecule has 1 heterocycles. The maximum absolute atomic E-state index is 11.9. The third-order valence-corrected chi connectivity index (χ3v) is 4.15. The second-order valence-corrected chi connectivity index (χ2v) is 5.95. The molecule has 1 aromatic carbocycles. The Morgan fingerprint density at radius 2 is 2.14 bits per heavy atom. The number of nitrogens with zero attached hydrogens (tertiary/aromatic N) is 3. The van der Waals surface area contributed by atoms with Gasteiger partial charge in [-0.15, -0.1) is 10.2 Å². The van der Waals surface area contributed by atoms with Gasteiger partial charge < -0.3 is 9.88 Å². The molecule has 6 heteroatoms. The molecular formula is C15H20N4OS. The minimum atomic E-state index is 0.0311. The highest BCUT2D eigenvalue weighted by Gasteiger charge is 2.10. The molecule has 1 aromatic heterocycles. The van der Waals surface area contributed by atoms with E-state index in [9.17, 15) is 4.79 Å². The van der Waals surface area contributed by atoms with Gasteiger partial charge in [0.05, 0.1) is 5.75 Å². The highest BCUT2D eigenvalue weighted by Crippen LogP contribution is 2.12. The van der Waals surface area contributed by atoms with Crippen molar-refractivity contribution in [2.45, 2.75) is 31.0 Å². The quantitative estimate of drug-likeness (QED) is 0.795. The maximum Gasteiger partial charge on any atom is 0.230 e. The topological polar surface area (TPSA) is 59.8 Å². The van der Waals surface area contributed by atoms with Crippen molar-refractivity contribution in [3.63, 3.8) is 0 Å². The summed E-state index contributed by atoms with van der Waals surface area (Å²) in [6.07, 6.45) is 3.53. The summed E-state index contributed by atoms with van der Waals surface area (Å²) in [4.78, 5) is 11.9. The number of thioether (sulfide) groups is 1. The van der Waals surface area contributed by atoms with E-state index in [4.69, 9.17) is 0 Å². The van der Waals surface area contributed by atoms with Gasteiger partial charge in [0.15, 0.2) is 5.16 Å². The molecule has 0 aliphatic heterocycles. The molecule has 21 heavy (non-hydrogen) atoms. The number of aryl methyl sites for hydroxylation is 2. The molecule has 0 aliphatic rings. The third-order valence-electron chi connectivity index (χ3n) is 3.12. The van der Waals surface area contributed by atoms with Gasteiger partial charge in [-0.05, 0) is 25.3 Å². The van der Waals surface area contributed by atoms with E-state index in [0.29, 0.717) is 5.75 Å². The smallest absolute Gasteiger partial charge is 0.230 e. The number of carbonyl (C=O) groups excluding carboxylic acids is 1. The Labute approximate surface area is 129 Å². The summed E-state index contributed by atoms with van der Waals surface area (Å²) in [6.45, 7) is 2.04. The summed E-state index contributed by atoms with van der Waals surface area (Å²) in [6, 6.07) is 10.5. The van der Waals surface area contributed by atoms with Crippen LogP contribution in [-0.2, 0) is 18.3 Å². The van der Waals surface area contributed by atoms with Crippen LogP contribution < -0.4 is 5.32 Å². The van der Waals surface area contributed by atoms with Crippen LogP contribution in [0.1, 0.15) is 18.9 Å². The van der Waals surface area contributed by atoms with Crippen molar-refractivity contribution >= 4 is 17.7 Å². The van der Waals surface area contributed by atoms with Crippen molar-refractivity contribution in [2.75, 3.05) is 5.75 Å². The monoisotopic (exact) mass is 304 g/mol. The average molecular weight is 304 g/mol. The number of benzene rings is 1. The molecule has 112 valence electrons. The molecule has 5 nitrogen and oxygen atoms in total. The van der Waals surface area contributed by atoms with Gasteiger partial charge in [0.2, 0.25) is 5.91 Å². The third kappa shape index (κ3) is 5.23. The van der Waals surface area contributed by atoms with Gasteiger partial charge >= 0.3 is 0 Å². The van der Waals surface area contributed by atoms with E-state index in [2.05, 4.69) is 27.6 Å². The van der Waals surface area contributed by atoms with Crippen LogP contribution in [0.2, 0.25) is 0 Å². The number of aromatic nitrogens is 3. The highest BCUT2D eigenvalue weighted by molar-refractivity contribution is 7.99. The lowest BCUT2D eigenvalue weighted by Crippen LogP contribution is -2.34. The molecule has 1 N–H and O–H groups in total. The number of nitrogens with one attached hydrogen (secondary N) is 1. The van der Waals surface area contributed by atoms with Crippen LogP contribution in [0.3, 0.4) is 0 Å².